The molecule has 0 aliphatic carbocycles. The predicted octanol–water partition coefficient (Wildman–Crippen LogP) is 2.24. The lowest BCUT2D eigenvalue weighted by atomic mass is 10.2. The molecule has 6 heteroatoms. The van der Waals surface area contributed by atoms with Crippen molar-refractivity contribution >= 4 is 9.04 Å². The first-order valence-electron chi connectivity index (χ1n) is 7.75. The van der Waals surface area contributed by atoms with Crippen molar-refractivity contribution in [2.24, 2.45) is 0 Å². The molecule has 0 saturated carbocycles. The Morgan fingerprint density at radius 2 is 1.17 bits per heavy atom. The maximum Gasteiger partial charge on any atom is 0.269 e. The third-order valence-corrected chi connectivity index (χ3v) is 6.71. The first kappa shape index (κ1) is 18.8. The molecule has 2 rings (SSSR count). The predicted molar refractivity (Wildman–Crippen MR) is 93.5 cm³/mol. The van der Waals surface area contributed by atoms with Gasteiger partial charge >= 0.3 is 0 Å². The lowest BCUT2D eigenvalue weighted by Crippen LogP contribution is -2.45. The molecule has 0 aliphatic rings. The minimum absolute atomic E-state index is 0.693. The van der Waals surface area contributed by atoms with Gasteiger partial charge in [-0.25, -0.2) is 0 Å². The van der Waals surface area contributed by atoms with Crippen molar-refractivity contribution in [3.05, 3.63) is 71.8 Å². The first-order chi connectivity index (χ1) is 11.5. The van der Waals surface area contributed by atoms with Crippen LogP contribution in [0.5, 0.6) is 0 Å². The zero-order chi connectivity index (χ0) is 17.6. The van der Waals surface area contributed by atoms with Crippen LogP contribution >= 0.6 is 0 Å². The van der Waals surface area contributed by atoms with Gasteiger partial charge in [0.15, 0.2) is 0 Å². The van der Waals surface area contributed by atoms with Crippen LogP contribution < -0.4 is 0 Å². The van der Waals surface area contributed by atoms with Crippen molar-refractivity contribution in [3.8, 4) is 0 Å². The molecule has 0 radical (unpaired) electrons. The molecule has 0 bridgehead atoms. The van der Waals surface area contributed by atoms with Crippen LogP contribution in [0.15, 0.2) is 60.7 Å². The number of aliphatic hydroxyl groups is 2. The Labute approximate surface area is 144 Å². The molecule has 2 unspecified atom stereocenters. The van der Waals surface area contributed by atoms with Gasteiger partial charge in [0.25, 0.3) is 5.97 Å². The molecule has 0 heterocycles. The molecule has 2 N–H and O–H groups in total. The van der Waals surface area contributed by atoms with Crippen LogP contribution in [-0.4, -0.2) is 39.4 Å². The van der Waals surface area contributed by atoms with E-state index in [1.165, 1.54) is 14.2 Å². The van der Waals surface area contributed by atoms with E-state index in [1.807, 2.05) is 60.7 Å². The summed E-state index contributed by atoms with van der Waals surface area (Å²) in [6.45, 7) is 1.61. The summed E-state index contributed by atoms with van der Waals surface area (Å²) >= 11 is 0. The SMILES string of the molecule is COC(C)(OC)O[SiH](C(O)c1ccccc1)C(O)c1ccccc1. The third-order valence-electron chi connectivity index (χ3n) is 4.00. The van der Waals surface area contributed by atoms with Crippen molar-refractivity contribution in [3.63, 3.8) is 0 Å². The van der Waals surface area contributed by atoms with E-state index in [4.69, 9.17) is 13.9 Å². The average Bonchev–Trinajstić information content (AvgIpc) is 2.66. The Bertz CT molecular complexity index is 558. The highest BCUT2D eigenvalue weighted by Crippen LogP contribution is 2.30. The molecular formula is C18H24O5Si. The van der Waals surface area contributed by atoms with E-state index >= 15 is 0 Å². The second kappa shape index (κ2) is 8.52. The van der Waals surface area contributed by atoms with Crippen LogP contribution in [0, 0.1) is 0 Å². The lowest BCUT2D eigenvalue weighted by molar-refractivity contribution is -0.315. The van der Waals surface area contributed by atoms with Gasteiger partial charge in [-0.2, -0.15) is 0 Å². The van der Waals surface area contributed by atoms with Gasteiger partial charge < -0.3 is 24.1 Å². The number of rotatable bonds is 8. The highest BCUT2D eigenvalue weighted by Gasteiger charge is 2.39. The normalized spacial score (nSPS) is 15.7. The summed E-state index contributed by atoms with van der Waals surface area (Å²) in [5, 5.41) is 21.7. The van der Waals surface area contributed by atoms with Crippen LogP contribution in [0.1, 0.15) is 29.5 Å². The van der Waals surface area contributed by atoms with Gasteiger partial charge in [0.1, 0.15) is 0 Å². The summed E-state index contributed by atoms with van der Waals surface area (Å²) in [6, 6.07) is 18.3. The number of methoxy groups -OCH3 is 2. The number of hydrogen-bond donors (Lipinski definition) is 2. The number of hydrogen-bond acceptors (Lipinski definition) is 5. The highest BCUT2D eigenvalue weighted by atomic mass is 28.3. The standard InChI is InChI=1S/C18H24O5Si/c1-18(21-2,22-3)23-24(16(19)14-10-6-4-7-11-14)17(20)15-12-8-5-9-13-15/h4-13,16-17,19-20,24H,1-3H3. The van der Waals surface area contributed by atoms with Crippen molar-refractivity contribution in [2.45, 2.75) is 24.4 Å². The van der Waals surface area contributed by atoms with Crippen LogP contribution in [0.25, 0.3) is 0 Å². The fourth-order valence-electron chi connectivity index (χ4n) is 2.41. The summed E-state index contributed by atoms with van der Waals surface area (Å²) < 4.78 is 16.5. The summed E-state index contributed by atoms with van der Waals surface area (Å²) in [6.07, 6.45) is 0. The van der Waals surface area contributed by atoms with Crippen molar-refractivity contribution < 1.29 is 24.1 Å². The second-order valence-corrected chi connectivity index (χ2v) is 7.99. The Hall–Kier alpha value is -1.54. The molecule has 0 spiro atoms. The van der Waals surface area contributed by atoms with Crippen LogP contribution in [0.4, 0.5) is 0 Å². The minimum atomic E-state index is -2.67. The number of ether oxygens (including phenoxy) is 2. The molecule has 0 fully saturated rings. The zero-order valence-electron chi connectivity index (χ0n) is 14.1. The number of benzene rings is 2. The molecule has 0 amide bonds. The van der Waals surface area contributed by atoms with E-state index in [9.17, 15) is 10.2 Å². The fraction of sp³-hybridized carbons (Fsp3) is 0.333. The van der Waals surface area contributed by atoms with Crippen molar-refractivity contribution in [2.75, 3.05) is 14.2 Å². The average molecular weight is 348 g/mol. The second-order valence-electron chi connectivity index (χ2n) is 5.56. The summed E-state index contributed by atoms with van der Waals surface area (Å²) in [7, 11) is 0.240. The van der Waals surface area contributed by atoms with E-state index < -0.39 is 26.5 Å². The molecule has 2 aromatic carbocycles. The Balaban J connectivity index is 2.34. The molecule has 2 aromatic rings. The molecule has 24 heavy (non-hydrogen) atoms. The maximum absolute atomic E-state index is 10.8. The molecule has 5 nitrogen and oxygen atoms in total. The Morgan fingerprint density at radius 3 is 1.50 bits per heavy atom. The van der Waals surface area contributed by atoms with Crippen LogP contribution in [0.2, 0.25) is 0 Å². The van der Waals surface area contributed by atoms with Gasteiger partial charge in [-0.3, -0.25) is 0 Å². The molecule has 2 atom stereocenters. The molecular weight excluding hydrogens is 324 g/mol. The van der Waals surface area contributed by atoms with E-state index in [2.05, 4.69) is 0 Å². The van der Waals surface area contributed by atoms with Gasteiger partial charge in [-0.05, 0) is 11.1 Å². The van der Waals surface area contributed by atoms with Crippen LogP contribution in [0.3, 0.4) is 0 Å². The van der Waals surface area contributed by atoms with Crippen molar-refractivity contribution in [1.82, 2.24) is 0 Å². The minimum Gasteiger partial charge on any atom is -0.389 e. The summed E-state index contributed by atoms with van der Waals surface area (Å²) in [4.78, 5) is 0. The van der Waals surface area contributed by atoms with Crippen molar-refractivity contribution in [1.29, 1.82) is 0 Å². The fourth-order valence-corrected chi connectivity index (χ4v) is 4.90. The smallest absolute Gasteiger partial charge is 0.269 e. The first-order valence-corrected chi connectivity index (χ1v) is 9.55. The topological polar surface area (TPSA) is 68.2 Å². The van der Waals surface area contributed by atoms with Gasteiger partial charge in [0.05, 0.1) is 11.5 Å². The zero-order valence-corrected chi connectivity index (χ0v) is 15.3. The molecule has 0 aliphatic heterocycles. The Kier molecular flexibility index (Phi) is 6.67. The van der Waals surface area contributed by atoms with Gasteiger partial charge in [-0.1, -0.05) is 60.7 Å². The van der Waals surface area contributed by atoms with Crippen LogP contribution in [-0.2, 0) is 13.9 Å². The summed E-state index contributed by atoms with van der Waals surface area (Å²) in [5.41, 5.74) is -0.463. The summed E-state index contributed by atoms with van der Waals surface area (Å²) in [5.74, 6) is -1.33. The van der Waals surface area contributed by atoms with E-state index in [0.717, 1.165) is 0 Å². The van der Waals surface area contributed by atoms with Gasteiger partial charge in [0.2, 0.25) is 9.04 Å². The van der Waals surface area contributed by atoms with Gasteiger partial charge in [-0.15, -0.1) is 0 Å². The molecule has 0 aromatic heterocycles. The Morgan fingerprint density at radius 1 is 0.792 bits per heavy atom. The van der Waals surface area contributed by atoms with E-state index in [0.29, 0.717) is 11.1 Å². The molecule has 130 valence electrons. The van der Waals surface area contributed by atoms with Gasteiger partial charge in [0, 0.05) is 21.1 Å². The highest BCUT2D eigenvalue weighted by molar-refractivity contribution is 6.54. The largest absolute Gasteiger partial charge is 0.389 e. The quantitative estimate of drug-likeness (QED) is 0.566. The van der Waals surface area contributed by atoms with E-state index in [-0.39, 0.29) is 0 Å². The maximum atomic E-state index is 10.8. The molecule has 0 saturated heterocycles. The monoisotopic (exact) mass is 348 g/mol. The van der Waals surface area contributed by atoms with E-state index in [1.54, 1.807) is 6.92 Å². The number of aliphatic hydroxyl groups excluding tert-OH is 2. The lowest BCUT2D eigenvalue weighted by Gasteiger charge is -2.35. The third kappa shape index (κ3) is 4.51.